The van der Waals surface area contributed by atoms with Crippen molar-refractivity contribution in [1.29, 1.82) is 0 Å². The van der Waals surface area contributed by atoms with Gasteiger partial charge >= 0.3 is 6.09 Å². The molecule has 5 nitrogen and oxygen atoms in total. The summed E-state index contributed by atoms with van der Waals surface area (Å²) in [7, 11) is 0. The van der Waals surface area contributed by atoms with Gasteiger partial charge in [0.05, 0.1) is 0 Å². The second kappa shape index (κ2) is 6.04. The highest BCUT2D eigenvalue weighted by molar-refractivity contribution is 9.10. The van der Waals surface area contributed by atoms with Crippen LogP contribution in [0.2, 0.25) is 0 Å². The fourth-order valence-electron chi connectivity index (χ4n) is 1.49. The highest BCUT2D eigenvalue weighted by Crippen LogP contribution is 2.13. The minimum absolute atomic E-state index is 0.402. The lowest BCUT2D eigenvalue weighted by Crippen LogP contribution is -2.47. The molecule has 6 heteroatoms. The average Bonchev–Trinajstić information content (AvgIpc) is 2.24. The second-order valence-electron chi connectivity index (χ2n) is 4.89. The summed E-state index contributed by atoms with van der Waals surface area (Å²) in [5, 5.41) is 12.2. The molecular weight excluding hydrogens is 298 g/mol. The van der Waals surface area contributed by atoms with Crippen LogP contribution in [-0.4, -0.2) is 39.7 Å². The van der Waals surface area contributed by atoms with Gasteiger partial charge in [-0.15, -0.1) is 0 Å². The van der Waals surface area contributed by atoms with Crippen molar-refractivity contribution >= 4 is 27.8 Å². The van der Waals surface area contributed by atoms with Crippen molar-refractivity contribution in [3.63, 3.8) is 0 Å². The van der Waals surface area contributed by atoms with Crippen molar-refractivity contribution in [3.8, 4) is 0 Å². The first kappa shape index (κ1) is 14.8. The number of amides is 1. The number of nitrogens with zero attached hydrogens (tertiary/aromatic N) is 2. The molecular formula is C12H18BrN3O2. The van der Waals surface area contributed by atoms with Crippen LogP contribution in [0.25, 0.3) is 0 Å². The molecule has 1 heterocycles. The van der Waals surface area contributed by atoms with Crippen LogP contribution in [0.3, 0.4) is 0 Å². The number of pyridine rings is 1. The number of carboxylic acid groups (broad SMARTS) is 1. The minimum Gasteiger partial charge on any atom is -0.465 e. The summed E-state index contributed by atoms with van der Waals surface area (Å²) < 4.78 is 0.912. The predicted molar refractivity (Wildman–Crippen MR) is 74.9 cm³/mol. The molecule has 1 aromatic rings. The van der Waals surface area contributed by atoms with Gasteiger partial charge in [0.25, 0.3) is 0 Å². The van der Waals surface area contributed by atoms with Crippen molar-refractivity contribution in [1.82, 2.24) is 9.88 Å². The number of nitrogens with one attached hydrogen (secondary N) is 1. The number of anilines is 1. The molecule has 2 N–H and O–H groups in total. The van der Waals surface area contributed by atoms with Gasteiger partial charge in [0.1, 0.15) is 5.82 Å². The van der Waals surface area contributed by atoms with Crippen molar-refractivity contribution in [3.05, 3.63) is 22.8 Å². The van der Waals surface area contributed by atoms with E-state index in [9.17, 15) is 4.79 Å². The lowest BCUT2D eigenvalue weighted by Gasteiger charge is -2.33. The zero-order valence-electron chi connectivity index (χ0n) is 10.8. The van der Waals surface area contributed by atoms with Crippen LogP contribution in [0, 0.1) is 0 Å². The Bertz CT molecular complexity index is 401. The van der Waals surface area contributed by atoms with E-state index in [0.29, 0.717) is 13.1 Å². The number of carbonyl (C=O) groups is 1. The molecule has 0 aliphatic rings. The SMILES string of the molecule is CC(C)(C)N(CCNc1ccc(Br)cn1)C(=O)O. The molecule has 0 radical (unpaired) electrons. The Hall–Kier alpha value is -1.30. The molecule has 0 atom stereocenters. The second-order valence-corrected chi connectivity index (χ2v) is 5.81. The molecule has 0 saturated carbocycles. The lowest BCUT2D eigenvalue weighted by atomic mass is 10.1. The highest BCUT2D eigenvalue weighted by Gasteiger charge is 2.25. The van der Waals surface area contributed by atoms with Crippen LogP contribution in [0.5, 0.6) is 0 Å². The van der Waals surface area contributed by atoms with E-state index in [-0.39, 0.29) is 0 Å². The van der Waals surface area contributed by atoms with Crippen LogP contribution in [0.4, 0.5) is 10.6 Å². The van der Waals surface area contributed by atoms with Crippen LogP contribution < -0.4 is 5.32 Å². The van der Waals surface area contributed by atoms with Gasteiger partial charge in [-0.05, 0) is 48.8 Å². The van der Waals surface area contributed by atoms with E-state index >= 15 is 0 Å². The topological polar surface area (TPSA) is 65.5 Å². The van der Waals surface area contributed by atoms with Gasteiger partial charge in [0, 0.05) is 29.3 Å². The summed E-state index contributed by atoms with van der Waals surface area (Å²) in [4.78, 5) is 16.7. The highest BCUT2D eigenvalue weighted by atomic mass is 79.9. The van der Waals surface area contributed by atoms with Gasteiger partial charge in [-0.25, -0.2) is 9.78 Å². The summed E-state index contributed by atoms with van der Waals surface area (Å²) in [6.07, 6.45) is 0.786. The van der Waals surface area contributed by atoms with Crippen molar-refractivity contribution in [2.75, 3.05) is 18.4 Å². The zero-order valence-corrected chi connectivity index (χ0v) is 12.4. The van der Waals surface area contributed by atoms with Gasteiger partial charge in [-0.3, -0.25) is 0 Å². The Morgan fingerprint density at radius 1 is 1.50 bits per heavy atom. The largest absolute Gasteiger partial charge is 0.465 e. The van der Waals surface area contributed by atoms with Crippen LogP contribution in [0.15, 0.2) is 22.8 Å². The van der Waals surface area contributed by atoms with Crippen molar-refractivity contribution in [2.24, 2.45) is 0 Å². The first-order chi connectivity index (χ1) is 8.30. The van der Waals surface area contributed by atoms with Gasteiger partial charge in [-0.1, -0.05) is 0 Å². The van der Waals surface area contributed by atoms with E-state index in [2.05, 4.69) is 26.2 Å². The maximum absolute atomic E-state index is 11.1. The van der Waals surface area contributed by atoms with E-state index in [4.69, 9.17) is 5.11 Å². The summed E-state index contributed by atoms with van der Waals surface area (Å²) in [5.41, 5.74) is -0.402. The standard InChI is InChI=1S/C12H18BrN3O2/c1-12(2,3)16(11(17)18)7-6-14-10-5-4-9(13)8-15-10/h4-5,8H,6-7H2,1-3H3,(H,14,15)(H,17,18). The predicted octanol–water partition coefficient (Wildman–Crippen LogP) is 3.03. The van der Waals surface area contributed by atoms with Crippen molar-refractivity contribution < 1.29 is 9.90 Å². The van der Waals surface area contributed by atoms with E-state index < -0.39 is 11.6 Å². The summed E-state index contributed by atoms with van der Waals surface area (Å²) in [6.45, 7) is 6.56. The lowest BCUT2D eigenvalue weighted by molar-refractivity contribution is 0.103. The Kier molecular flexibility index (Phi) is 4.95. The number of aromatic nitrogens is 1. The number of rotatable bonds is 4. The van der Waals surface area contributed by atoms with Crippen LogP contribution in [0.1, 0.15) is 20.8 Å². The van der Waals surface area contributed by atoms with Gasteiger partial charge in [-0.2, -0.15) is 0 Å². The summed E-state index contributed by atoms with van der Waals surface area (Å²) >= 11 is 3.31. The summed E-state index contributed by atoms with van der Waals surface area (Å²) in [5.74, 6) is 0.734. The van der Waals surface area contributed by atoms with Gasteiger partial charge in [0.15, 0.2) is 0 Å². The van der Waals surface area contributed by atoms with Crippen LogP contribution >= 0.6 is 15.9 Å². The maximum Gasteiger partial charge on any atom is 0.407 e. The van der Waals surface area contributed by atoms with Gasteiger partial charge in [0.2, 0.25) is 0 Å². The monoisotopic (exact) mass is 315 g/mol. The summed E-state index contributed by atoms with van der Waals surface area (Å²) in [6, 6.07) is 3.72. The molecule has 1 amide bonds. The Morgan fingerprint density at radius 3 is 2.61 bits per heavy atom. The molecule has 0 saturated heterocycles. The third-order valence-electron chi connectivity index (χ3n) is 2.41. The minimum atomic E-state index is -0.909. The molecule has 0 fully saturated rings. The van der Waals surface area contributed by atoms with E-state index in [1.165, 1.54) is 4.90 Å². The normalized spacial score (nSPS) is 11.1. The molecule has 0 aliphatic carbocycles. The quantitative estimate of drug-likeness (QED) is 0.896. The number of hydrogen-bond acceptors (Lipinski definition) is 3. The molecule has 0 unspecified atom stereocenters. The van der Waals surface area contributed by atoms with Crippen molar-refractivity contribution in [2.45, 2.75) is 26.3 Å². The molecule has 1 aromatic heterocycles. The van der Waals surface area contributed by atoms with E-state index in [1.807, 2.05) is 32.9 Å². The molecule has 0 bridgehead atoms. The third kappa shape index (κ3) is 4.52. The zero-order chi connectivity index (χ0) is 13.8. The molecule has 0 aliphatic heterocycles. The van der Waals surface area contributed by atoms with Gasteiger partial charge < -0.3 is 15.3 Å². The first-order valence-electron chi connectivity index (χ1n) is 5.66. The molecule has 18 heavy (non-hydrogen) atoms. The van der Waals surface area contributed by atoms with E-state index in [1.54, 1.807) is 6.20 Å². The Morgan fingerprint density at radius 2 is 2.17 bits per heavy atom. The molecule has 100 valence electrons. The molecule has 0 aromatic carbocycles. The van der Waals surface area contributed by atoms with Crippen LogP contribution in [-0.2, 0) is 0 Å². The Labute approximate surface area is 115 Å². The number of halogens is 1. The third-order valence-corrected chi connectivity index (χ3v) is 2.88. The fourth-order valence-corrected chi connectivity index (χ4v) is 1.73. The molecule has 1 rings (SSSR count). The molecule has 0 spiro atoms. The van der Waals surface area contributed by atoms with E-state index in [0.717, 1.165) is 10.3 Å². The Balaban J connectivity index is 2.49. The smallest absolute Gasteiger partial charge is 0.407 e. The maximum atomic E-state index is 11.1. The average molecular weight is 316 g/mol. The first-order valence-corrected chi connectivity index (χ1v) is 6.46. The fraction of sp³-hybridized carbons (Fsp3) is 0.500. The number of hydrogen-bond donors (Lipinski definition) is 2.